The summed E-state index contributed by atoms with van der Waals surface area (Å²) in [7, 11) is -1.26. The van der Waals surface area contributed by atoms with E-state index in [0.29, 0.717) is 11.5 Å². The van der Waals surface area contributed by atoms with Gasteiger partial charge < -0.3 is 9.47 Å². The number of sulfonamides is 1. The normalized spacial score (nSPS) is 11.2. The second-order valence-corrected chi connectivity index (χ2v) is 8.04. The number of non-ortho nitro benzene ring substituents is 1. The Bertz CT molecular complexity index is 1240. The highest BCUT2D eigenvalue weighted by atomic mass is 32.2. The van der Waals surface area contributed by atoms with Crippen LogP contribution in [0.3, 0.4) is 0 Å². The molecule has 32 heavy (non-hydrogen) atoms. The van der Waals surface area contributed by atoms with E-state index in [9.17, 15) is 18.5 Å². The molecule has 0 aliphatic carbocycles. The standard InChI is InChI=1S/C21H20N4O6S/c1-30-17-10-7-15(8-11-17)14-22-23-19-12-9-16(25(26)27)13-21(19)32(28,29)24-18-5-3-4-6-20(18)31-2/h3-14,23-24H,1-2H3/b22-14-. The maximum atomic E-state index is 13.1. The third-order valence-electron chi connectivity index (χ3n) is 4.33. The fourth-order valence-electron chi connectivity index (χ4n) is 2.73. The molecule has 0 saturated carbocycles. The van der Waals surface area contributed by atoms with Crippen LogP contribution in [0.1, 0.15) is 5.56 Å². The van der Waals surface area contributed by atoms with Crippen LogP contribution in [-0.2, 0) is 10.0 Å². The number of ether oxygens (including phenoxy) is 2. The Hall–Kier alpha value is -4.12. The van der Waals surface area contributed by atoms with Crippen molar-refractivity contribution in [3.8, 4) is 11.5 Å². The van der Waals surface area contributed by atoms with Gasteiger partial charge in [-0.3, -0.25) is 20.3 Å². The highest BCUT2D eigenvalue weighted by Crippen LogP contribution is 2.31. The van der Waals surface area contributed by atoms with Crippen molar-refractivity contribution < 1.29 is 22.8 Å². The summed E-state index contributed by atoms with van der Waals surface area (Å²) in [5.41, 5.74) is 3.24. The zero-order valence-corrected chi connectivity index (χ0v) is 18.0. The Balaban J connectivity index is 1.93. The van der Waals surface area contributed by atoms with Crippen molar-refractivity contribution in [2.75, 3.05) is 24.4 Å². The van der Waals surface area contributed by atoms with Crippen molar-refractivity contribution >= 4 is 33.3 Å². The summed E-state index contributed by atoms with van der Waals surface area (Å²) < 4.78 is 38.8. The number of anilines is 2. The van der Waals surface area contributed by atoms with Crippen molar-refractivity contribution in [2.24, 2.45) is 5.10 Å². The predicted molar refractivity (Wildman–Crippen MR) is 121 cm³/mol. The van der Waals surface area contributed by atoms with Gasteiger partial charge in [-0.2, -0.15) is 5.10 Å². The molecule has 0 spiro atoms. The van der Waals surface area contributed by atoms with Crippen LogP contribution in [0.2, 0.25) is 0 Å². The number of nitro groups is 1. The summed E-state index contributed by atoms with van der Waals surface area (Å²) in [5, 5.41) is 15.3. The third kappa shape index (κ3) is 5.32. The highest BCUT2D eigenvalue weighted by Gasteiger charge is 2.23. The summed E-state index contributed by atoms with van der Waals surface area (Å²) >= 11 is 0. The van der Waals surface area contributed by atoms with E-state index >= 15 is 0 Å². The molecule has 3 rings (SSSR count). The van der Waals surface area contributed by atoms with Crippen molar-refractivity contribution in [2.45, 2.75) is 4.90 Å². The number of para-hydroxylation sites is 2. The van der Waals surface area contributed by atoms with Gasteiger partial charge in [0, 0.05) is 12.1 Å². The van der Waals surface area contributed by atoms with E-state index in [1.54, 1.807) is 49.6 Å². The van der Waals surface area contributed by atoms with E-state index in [2.05, 4.69) is 15.2 Å². The van der Waals surface area contributed by atoms with Crippen LogP contribution < -0.4 is 19.6 Å². The molecular formula is C21H20N4O6S. The minimum absolute atomic E-state index is 0.0581. The van der Waals surface area contributed by atoms with Gasteiger partial charge in [0.15, 0.2) is 0 Å². The monoisotopic (exact) mass is 456 g/mol. The van der Waals surface area contributed by atoms with Gasteiger partial charge in [-0.15, -0.1) is 0 Å². The SMILES string of the molecule is COc1ccc(/C=N\Nc2ccc([N+](=O)[O-])cc2S(=O)(=O)Nc2ccccc2OC)cc1. The lowest BCUT2D eigenvalue weighted by Gasteiger charge is -2.14. The molecule has 2 N–H and O–H groups in total. The summed E-state index contributed by atoms with van der Waals surface area (Å²) in [4.78, 5) is 10.2. The Kier molecular flexibility index (Phi) is 6.90. The molecule has 0 radical (unpaired) electrons. The predicted octanol–water partition coefficient (Wildman–Crippen LogP) is 3.86. The molecule has 0 aliphatic rings. The number of hydrogen-bond donors (Lipinski definition) is 2. The molecule has 166 valence electrons. The van der Waals surface area contributed by atoms with E-state index in [1.165, 1.54) is 31.5 Å². The number of nitrogens with zero attached hydrogens (tertiary/aromatic N) is 2. The summed E-state index contributed by atoms with van der Waals surface area (Å²) in [6.07, 6.45) is 1.48. The number of hydrogen-bond acceptors (Lipinski definition) is 8. The number of nitro benzene ring substituents is 1. The van der Waals surface area contributed by atoms with Crippen LogP contribution in [-0.4, -0.2) is 33.8 Å². The fraction of sp³-hybridized carbons (Fsp3) is 0.0952. The maximum Gasteiger partial charge on any atom is 0.270 e. The molecule has 3 aromatic rings. The molecule has 0 unspecified atom stereocenters. The Morgan fingerprint density at radius 1 is 0.969 bits per heavy atom. The first kappa shape index (κ1) is 22.6. The minimum atomic E-state index is -4.22. The van der Waals surface area contributed by atoms with Gasteiger partial charge in [-0.1, -0.05) is 12.1 Å². The first-order valence-corrected chi connectivity index (χ1v) is 10.7. The summed E-state index contributed by atoms with van der Waals surface area (Å²) in [6, 6.07) is 16.9. The minimum Gasteiger partial charge on any atom is -0.497 e. The van der Waals surface area contributed by atoms with Gasteiger partial charge >= 0.3 is 0 Å². The quantitative estimate of drug-likeness (QED) is 0.284. The van der Waals surface area contributed by atoms with E-state index < -0.39 is 14.9 Å². The van der Waals surface area contributed by atoms with Gasteiger partial charge in [0.05, 0.1) is 36.7 Å². The molecule has 11 heteroatoms. The number of hydrazone groups is 1. The largest absolute Gasteiger partial charge is 0.497 e. The molecule has 0 amide bonds. The van der Waals surface area contributed by atoms with Gasteiger partial charge in [0.1, 0.15) is 16.4 Å². The highest BCUT2D eigenvalue weighted by molar-refractivity contribution is 7.93. The van der Waals surface area contributed by atoms with Gasteiger partial charge in [0.2, 0.25) is 0 Å². The summed E-state index contributed by atoms with van der Waals surface area (Å²) in [6.45, 7) is 0. The second-order valence-electron chi connectivity index (χ2n) is 6.39. The molecule has 10 nitrogen and oxygen atoms in total. The molecule has 0 aromatic heterocycles. The molecule has 3 aromatic carbocycles. The topological polar surface area (TPSA) is 132 Å². The first-order chi connectivity index (χ1) is 15.3. The molecule has 0 bridgehead atoms. The van der Waals surface area contributed by atoms with Crippen molar-refractivity contribution in [1.29, 1.82) is 0 Å². The molecule has 0 heterocycles. The van der Waals surface area contributed by atoms with Gasteiger partial charge in [-0.25, -0.2) is 8.42 Å². The zero-order chi connectivity index (χ0) is 23.1. The maximum absolute atomic E-state index is 13.1. The van der Waals surface area contributed by atoms with E-state index in [-0.39, 0.29) is 22.0 Å². The number of methoxy groups -OCH3 is 2. The molecular weight excluding hydrogens is 436 g/mol. The van der Waals surface area contributed by atoms with E-state index in [0.717, 1.165) is 11.6 Å². The molecule has 0 saturated heterocycles. The van der Waals surface area contributed by atoms with Crippen molar-refractivity contribution in [1.82, 2.24) is 0 Å². The number of rotatable bonds is 9. The van der Waals surface area contributed by atoms with Crippen LogP contribution in [0.15, 0.2) is 76.7 Å². The first-order valence-electron chi connectivity index (χ1n) is 9.21. The lowest BCUT2D eigenvalue weighted by molar-refractivity contribution is -0.385. The van der Waals surface area contributed by atoms with Gasteiger partial charge in [-0.05, 0) is 48.0 Å². The van der Waals surface area contributed by atoms with Crippen molar-refractivity contribution in [3.05, 3.63) is 82.4 Å². The molecule has 0 aliphatic heterocycles. The molecule has 0 fully saturated rings. The fourth-order valence-corrected chi connectivity index (χ4v) is 3.98. The Morgan fingerprint density at radius 3 is 2.34 bits per heavy atom. The van der Waals surface area contributed by atoms with E-state index in [1.807, 2.05) is 0 Å². The Morgan fingerprint density at radius 2 is 1.69 bits per heavy atom. The number of benzene rings is 3. The third-order valence-corrected chi connectivity index (χ3v) is 5.74. The van der Waals surface area contributed by atoms with Crippen molar-refractivity contribution in [3.63, 3.8) is 0 Å². The lowest BCUT2D eigenvalue weighted by atomic mass is 10.2. The van der Waals surface area contributed by atoms with Crippen LogP contribution in [0.25, 0.3) is 0 Å². The zero-order valence-electron chi connectivity index (χ0n) is 17.2. The van der Waals surface area contributed by atoms with Crippen LogP contribution in [0, 0.1) is 10.1 Å². The van der Waals surface area contributed by atoms with Gasteiger partial charge in [0.25, 0.3) is 15.7 Å². The Labute approximate surface area is 184 Å². The average Bonchev–Trinajstić information content (AvgIpc) is 2.79. The smallest absolute Gasteiger partial charge is 0.270 e. The van der Waals surface area contributed by atoms with Crippen LogP contribution >= 0.6 is 0 Å². The lowest BCUT2D eigenvalue weighted by Crippen LogP contribution is -2.15. The van der Waals surface area contributed by atoms with E-state index in [4.69, 9.17) is 9.47 Å². The van der Waals surface area contributed by atoms with Crippen LogP contribution in [0.4, 0.5) is 17.1 Å². The van der Waals surface area contributed by atoms with Crippen LogP contribution in [0.5, 0.6) is 11.5 Å². The molecule has 0 atom stereocenters. The number of nitrogens with one attached hydrogen (secondary N) is 2. The summed E-state index contributed by atoms with van der Waals surface area (Å²) in [5.74, 6) is 0.981. The second kappa shape index (κ2) is 9.79. The average molecular weight is 456 g/mol.